The average molecular weight is 602 g/mol. The van der Waals surface area contributed by atoms with Gasteiger partial charge in [-0.15, -0.1) is 0 Å². The molecule has 0 aliphatic carbocycles. The highest BCUT2D eigenvalue weighted by atomic mass is 127. The summed E-state index contributed by atoms with van der Waals surface area (Å²) in [4.78, 5) is 34.8. The SMILES string of the molecule is COc1cc(/C=N/NC(=O)c2ccc([N+](=O)[O-])cc2)cc(I)c1OCC(=O)Nc1ccc(C)cc1C. The maximum atomic E-state index is 12.4. The zero-order chi connectivity index (χ0) is 26.2. The fraction of sp³-hybridized carbons (Fsp3) is 0.160. The van der Waals surface area contributed by atoms with E-state index in [9.17, 15) is 19.7 Å². The van der Waals surface area contributed by atoms with Crippen LogP contribution in [0.15, 0.2) is 59.7 Å². The average Bonchev–Trinajstić information content (AvgIpc) is 2.84. The molecule has 0 bridgehead atoms. The van der Waals surface area contributed by atoms with Gasteiger partial charge >= 0.3 is 0 Å². The van der Waals surface area contributed by atoms with Gasteiger partial charge in [0.05, 0.1) is 21.8 Å². The van der Waals surface area contributed by atoms with Crippen LogP contribution in [-0.4, -0.2) is 36.7 Å². The third kappa shape index (κ3) is 7.01. The number of anilines is 1. The Morgan fingerprint density at radius 1 is 1.11 bits per heavy atom. The molecule has 0 saturated heterocycles. The van der Waals surface area contributed by atoms with Crippen molar-refractivity contribution in [2.45, 2.75) is 13.8 Å². The number of aryl methyl sites for hydroxylation is 2. The number of hydrogen-bond donors (Lipinski definition) is 2. The zero-order valence-electron chi connectivity index (χ0n) is 19.7. The van der Waals surface area contributed by atoms with Crippen molar-refractivity contribution in [3.8, 4) is 11.5 Å². The molecule has 0 aromatic heterocycles. The van der Waals surface area contributed by atoms with Crippen LogP contribution in [0.25, 0.3) is 0 Å². The number of benzene rings is 3. The minimum atomic E-state index is -0.542. The van der Waals surface area contributed by atoms with Gasteiger partial charge in [-0.3, -0.25) is 19.7 Å². The highest BCUT2D eigenvalue weighted by Crippen LogP contribution is 2.33. The molecule has 36 heavy (non-hydrogen) atoms. The van der Waals surface area contributed by atoms with E-state index in [2.05, 4.69) is 38.4 Å². The van der Waals surface area contributed by atoms with E-state index in [0.29, 0.717) is 20.6 Å². The van der Waals surface area contributed by atoms with Crippen molar-refractivity contribution in [1.82, 2.24) is 5.43 Å². The second-order valence-corrected chi connectivity index (χ2v) is 8.85. The van der Waals surface area contributed by atoms with Gasteiger partial charge in [0.15, 0.2) is 18.1 Å². The van der Waals surface area contributed by atoms with E-state index in [-0.39, 0.29) is 23.8 Å². The molecule has 0 atom stereocenters. The van der Waals surface area contributed by atoms with Crippen LogP contribution in [0.3, 0.4) is 0 Å². The van der Waals surface area contributed by atoms with Gasteiger partial charge in [0.25, 0.3) is 17.5 Å². The van der Waals surface area contributed by atoms with E-state index in [0.717, 1.165) is 16.8 Å². The summed E-state index contributed by atoms with van der Waals surface area (Å²) in [5.74, 6) is -0.0257. The normalized spacial score (nSPS) is 10.7. The fourth-order valence-electron chi connectivity index (χ4n) is 3.20. The minimum Gasteiger partial charge on any atom is -0.493 e. The number of ether oxygens (including phenoxy) is 2. The largest absolute Gasteiger partial charge is 0.493 e. The Hall–Kier alpha value is -4.00. The number of nitro benzene ring substituents is 1. The summed E-state index contributed by atoms with van der Waals surface area (Å²) in [6.07, 6.45) is 1.42. The number of nitro groups is 1. The number of nitrogens with zero attached hydrogens (tertiary/aromatic N) is 2. The summed E-state index contributed by atoms with van der Waals surface area (Å²) in [6.45, 7) is 3.69. The molecule has 0 fully saturated rings. The molecule has 0 aliphatic rings. The zero-order valence-corrected chi connectivity index (χ0v) is 21.9. The van der Waals surface area contributed by atoms with E-state index < -0.39 is 10.8 Å². The summed E-state index contributed by atoms with van der Waals surface area (Å²) in [7, 11) is 1.48. The molecule has 0 heterocycles. The molecule has 186 valence electrons. The number of nitrogens with one attached hydrogen (secondary N) is 2. The van der Waals surface area contributed by atoms with Crippen molar-refractivity contribution in [1.29, 1.82) is 0 Å². The monoisotopic (exact) mass is 602 g/mol. The predicted molar refractivity (Wildman–Crippen MR) is 144 cm³/mol. The molecule has 10 nitrogen and oxygen atoms in total. The van der Waals surface area contributed by atoms with Gasteiger partial charge in [0, 0.05) is 23.4 Å². The molecule has 3 aromatic rings. The van der Waals surface area contributed by atoms with Gasteiger partial charge in [-0.05, 0) is 77.9 Å². The smallest absolute Gasteiger partial charge is 0.271 e. The Kier molecular flexibility index (Phi) is 8.95. The topological polar surface area (TPSA) is 132 Å². The number of hydrazone groups is 1. The molecule has 3 aromatic carbocycles. The van der Waals surface area contributed by atoms with Gasteiger partial charge in [-0.1, -0.05) is 17.7 Å². The second kappa shape index (κ2) is 12.1. The van der Waals surface area contributed by atoms with Gasteiger partial charge in [0.2, 0.25) is 0 Å². The Labute approximate surface area is 221 Å². The number of non-ortho nitro benzene ring substituents is 1. The third-order valence-corrected chi connectivity index (χ3v) is 5.78. The summed E-state index contributed by atoms with van der Waals surface area (Å²) >= 11 is 2.06. The van der Waals surface area contributed by atoms with Crippen molar-refractivity contribution in [2.75, 3.05) is 19.0 Å². The molecule has 2 amide bonds. The van der Waals surface area contributed by atoms with Crippen LogP contribution in [0, 0.1) is 27.5 Å². The molecule has 0 radical (unpaired) electrons. The summed E-state index contributed by atoms with van der Waals surface area (Å²) in [6, 6.07) is 14.3. The number of halogens is 1. The van der Waals surface area contributed by atoms with Gasteiger partial charge in [-0.25, -0.2) is 5.43 Å². The van der Waals surface area contributed by atoms with E-state index in [1.54, 1.807) is 12.1 Å². The lowest BCUT2D eigenvalue weighted by atomic mass is 10.1. The standard InChI is InChI=1S/C25H23IN4O6/c1-15-4-9-21(16(2)10-15)28-23(31)14-36-24-20(26)11-17(12-22(24)35-3)13-27-29-25(32)18-5-7-19(8-6-18)30(33)34/h4-13H,14H2,1-3H3,(H,28,31)(H,29,32)/b27-13+. The van der Waals surface area contributed by atoms with Crippen molar-refractivity contribution in [2.24, 2.45) is 5.10 Å². The summed E-state index contributed by atoms with van der Waals surface area (Å²) in [5.41, 5.74) is 5.90. The van der Waals surface area contributed by atoms with Gasteiger partial charge < -0.3 is 14.8 Å². The molecule has 0 unspecified atom stereocenters. The third-order valence-electron chi connectivity index (χ3n) is 4.98. The Morgan fingerprint density at radius 2 is 1.83 bits per heavy atom. The van der Waals surface area contributed by atoms with E-state index in [1.807, 2.05) is 32.0 Å². The van der Waals surface area contributed by atoms with Crippen molar-refractivity contribution >= 4 is 52.0 Å². The molecule has 0 saturated carbocycles. The van der Waals surface area contributed by atoms with Crippen molar-refractivity contribution in [3.63, 3.8) is 0 Å². The predicted octanol–water partition coefficient (Wildman–Crippen LogP) is 4.61. The van der Waals surface area contributed by atoms with E-state index in [4.69, 9.17) is 9.47 Å². The van der Waals surface area contributed by atoms with Crippen LogP contribution in [0.5, 0.6) is 11.5 Å². The highest BCUT2D eigenvalue weighted by Gasteiger charge is 2.14. The lowest BCUT2D eigenvalue weighted by Gasteiger charge is -2.14. The first-order valence-corrected chi connectivity index (χ1v) is 11.7. The van der Waals surface area contributed by atoms with Crippen LogP contribution in [-0.2, 0) is 4.79 Å². The summed E-state index contributed by atoms with van der Waals surface area (Å²) < 4.78 is 11.8. The molecule has 11 heteroatoms. The Balaban J connectivity index is 1.62. The molecule has 0 spiro atoms. The van der Waals surface area contributed by atoms with Crippen LogP contribution in [0.1, 0.15) is 27.0 Å². The highest BCUT2D eigenvalue weighted by molar-refractivity contribution is 14.1. The quantitative estimate of drug-likeness (QED) is 0.159. The Bertz CT molecular complexity index is 1320. The first kappa shape index (κ1) is 26.6. The molecular weight excluding hydrogens is 579 g/mol. The Morgan fingerprint density at radius 3 is 2.47 bits per heavy atom. The number of hydrogen-bond acceptors (Lipinski definition) is 7. The number of carbonyl (C=O) groups excluding carboxylic acids is 2. The van der Waals surface area contributed by atoms with Crippen molar-refractivity contribution < 1.29 is 24.0 Å². The maximum Gasteiger partial charge on any atom is 0.271 e. The lowest BCUT2D eigenvalue weighted by Crippen LogP contribution is -2.21. The van der Waals surface area contributed by atoms with Gasteiger partial charge in [-0.2, -0.15) is 5.10 Å². The number of carbonyl (C=O) groups is 2. The van der Waals surface area contributed by atoms with Crippen LogP contribution in [0.4, 0.5) is 11.4 Å². The second-order valence-electron chi connectivity index (χ2n) is 7.69. The summed E-state index contributed by atoms with van der Waals surface area (Å²) in [5, 5.41) is 17.5. The van der Waals surface area contributed by atoms with Crippen LogP contribution in [0.2, 0.25) is 0 Å². The number of rotatable bonds is 9. The molecule has 0 aliphatic heterocycles. The lowest BCUT2D eigenvalue weighted by molar-refractivity contribution is -0.384. The number of amides is 2. The maximum absolute atomic E-state index is 12.4. The van der Waals surface area contributed by atoms with E-state index in [1.165, 1.54) is 37.6 Å². The fourth-order valence-corrected chi connectivity index (χ4v) is 3.98. The first-order valence-electron chi connectivity index (χ1n) is 10.6. The minimum absolute atomic E-state index is 0.109. The first-order chi connectivity index (χ1) is 17.2. The van der Waals surface area contributed by atoms with E-state index >= 15 is 0 Å². The molecular formula is C25H23IN4O6. The van der Waals surface area contributed by atoms with Crippen LogP contribution < -0.4 is 20.2 Å². The molecule has 3 rings (SSSR count). The number of methoxy groups -OCH3 is 1. The van der Waals surface area contributed by atoms with Crippen molar-refractivity contribution in [3.05, 3.63) is 90.5 Å². The van der Waals surface area contributed by atoms with Gasteiger partial charge in [0.1, 0.15) is 0 Å². The molecule has 2 N–H and O–H groups in total. The van der Waals surface area contributed by atoms with Crippen LogP contribution >= 0.6 is 22.6 Å².